The van der Waals surface area contributed by atoms with Crippen LogP contribution < -0.4 is 5.32 Å². The molecule has 0 aliphatic rings. The molecular formula is C22H18N4O3S. The molecule has 30 heavy (non-hydrogen) atoms. The largest absolute Gasteiger partial charge is 0.461 e. The van der Waals surface area contributed by atoms with Crippen LogP contribution >= 0.6 is 11.8 Å². The fraction of sp³-hybridized carbons (Fsp3) is 0.0909. The summed E-state index contributed by atoms with van der Waals surface area (Å²) in [4.78, 5) is 24.0. The van der Waals surface area contributed by atoms with Crippen molar-refractivity contribution in [2.75, 3.05) is 11.1 Å². The van der Waals surface area contributed by atoms with Gasteiger partial charge < -0.3 is 9.73 Å². The summed E-state index contributed by atoms with van der Waals surface area (Å²) in [6.07, 6.45) is 1.58. The zero-order chi connectivity index (χ0) is 20.9. The number of aromatic nitrogens is 3. The molecule has 0 unspecified atom stereocenters. The molecule has 1 N–H and O–H groups in total. The Kier molecular flexibility index (Phi) is 5.76. The van der Waals surface area contributed by atoms with E-state index in [1.165, 1.54) is 18.7 Å². The first-order valence-corrected chi connectivity index (χ1v) is 10.2. The van der Waals surface area contributed by atoms with Crippen molar-refractivity contribution in [1.29, 1.82) is 0 Å². The Balaban J connectivity index is 1.53. The van der Waals surface area contributed by atoms with Crippen molar-refractivity contribution in [1.82, 2.24) is 14.8 Å². The molecule has 150 valence electrons. The Labute approximate surface area is 177 Å². The van der Waals surface area contributed by atoms with Crippen molar-refractivity contribution in [3.63, 3.8) is 0 Å². The van der Waals surface area contributed by atoms with Crippen molar-refractivity contribution in [2.45, 2.75) is 12.1 Å². The fourth-order valence-corrected chi connectivity index (χ4v) is 3.63. The number of carbonyl (C=O) groups is 2. The van der Waals surface area contributed by atoms with Gasteiger partial charge in [-0.25, -0.2) is 0 Å². The number of benzene rings is 2. The standard InChI is InChI=1S/C22H18N4O3S/c1-15(27)16-7-5-8-17(13-16)23-20(28)14-30-22-25-24-21(19-11-6-12-29-19)26(22)18-9-3-2-4-10-18/h2-13H,14H2,1H3,(H,23,28). The number of hydrogen-bond donors (Lipinski definition) is 1. The van der Waals surface area contributed by atoms with Crippen LogP contribution in [0.2, 0.25) is 0 Å². The minimum absolute atomic E-state index is 0.0538. The molecule has 2 aromatic heterocycles. The van der Waals surface area contributed by atoms with Gasteiger partial charge in [0.05, 0.1) is 12.0 Å². The van der Waals surface area contributed by atoms with E-state index in [0.29, 0.717) is 28.0 Å². The monoisotopic (exact) mass is 418 g/mol. The molecule has 8 heteroatoms. The van der Waals surface area contributed by atoms with Crippen LogP contribution in [0.25, 0.3) is 17.3 Å². The van der Waals surface area contributed by atoms with E-state index < -0.39 is 0 Å². The van der Waals surface area contributed by atoms with Gasteiger partial charge in [0.15, 0.2) is 16.7 Å². The van der Waals surface area contributed by atoms with Crippen molar-refractivity contribution in [2.24, 2.45) is 0 Å². The van der Waals surface area contributed by atoms with Gasteiger partial charge in [-0.1, -0.05) is 42.1 Å². The van der Waals surface area contributed by atoms with Crippen LogP contribution in [0.4, 0.5) is 5.69 Å². The highest BCUT2D eigenvalue weighted by Gasteiger charge is 2.19. The maximum Gasteiger partial charge on any atom is 0.234 e. The number of thioether (sulfide) groups is 1. The predicted molar refractivity (Wildman–Crippen MR) is 115 cm³/mol. The van der Waals surface area contributed by atoms with E-state index in [9.17, 15) is 9.59 Å². The van der Waals surface area contributed by atoms with Crippen molar-refractivity contribution < 1.29 is 14.0 Å². The summed E-state index contributed by atoms with van der Waals surface area (Å²) in [6, 6.07) is 20.1. The van der Waals surface area contributed by atoms with Gasteiger partial charge in [0.1, 0.15) is 0 Å². The summed E-state index contributed by atoms with van der Waals surface area (Å²) in [5.41, 5.74) is 1.99. The fourth-order valence-electron chi connectivity index (χ4n) is 2.88. The second-order valence-corrected chi connectivity index (χ2v) is 7.37. The van der Waals surface area contributed by atoms with E-state index in [1.54, 1.807) is 36.6 Å². The Morgan fingerprint density at radius 3 is 2.60 bits per heavy atom. The topological polar surface area (TPSA) is 90.0 Å². The lowest BCUT2D eigenvalue weighted by Crippen LogP contribution is -2.15. The number of para-hydroxylation sites is 1. The first-order valence-electron chi connectivity index (χ1n) is 9.20. The highest BCUT2D eigenvalue weighted by molar-refractivity contribution is 7.99. The second kappa shape index (κ2) is 8.79. The smallest absolute Gasteiger partial charge is 0.234 e. The van der Waals surface area contributed by atoms with Gasteiger partial charge >= 0.3 is 0 Å². The Bertz CT molecular complexity index is 1170. The van der Waals surface area contributed by atoms with Gasteiger partial charge in [0.2, 0.25) is 11.7 Å². The molecule has 0 radical (unpaired) electrons. The molecule has 0 saturated heterocycles. The maximum atomic E-state index is 12.5. The van der Waals surface area contributed by atoms with Crippen LogP contribution in [0.15, 0.2) is 82.6 Å². The molecule has 1 amide bonds. The minimum atomic E-state index is -0.206. The van der Waals surface area contributed by atoms with Crippen LogP contribution in [0.3, 0.4) is 0 Å². The third-order valence-corrected chi connectivity index (χ3v) is 5.20. The first kappa shape index (κ1) is 19.7. The van der Waals surface area contributed by atoms with Gasteiger partial charge in [-0.3, -0.25) is 14.2 Å². The Morgan fingerprint density at radius 2 is 1.87 bits per heavy atom. The van der Waals surface area contributed by atoms with E-state index in [2.05, 4.69) is 15.5 Å². The normalized spacial score (nSPS) is 10.7. The van der Waals surface area contributed by atoms with Gasteiger partial charge in [0.25, 0.3) is 0 Å². The number of Topliss-reactive ketones (excluding diaryl/α,β-unsaturated/α-hetero) is 1. The molecular weight excluding hydrogens is 400 g/mol. The summed E-state index contributed by atoms with van der Waals surface area (Å²) in [6.45, 7) is 1.49. The van der Waals surface area contributed by atoms with Gasteiger partial charge in [-0.2, -0.15) is 0 Å². The average molecular weight is 418 g/mol. The molecule has 0 saturated carbocycles. The summed E-state index contributed by atoms with van der Waals surface area (Å²) < 4.78 is 7.35. The van der Waals surface area contributed by atoms with Crippen molar-refractivity contribution in [3.8, 4) is 17.3 Å². The van der Waals surface area contributed by atoms with E-state index in [4.69, 9.17) is 4.42 Å². The van der Waals surface area contributed by atoms with Gasteiger partial charge in [-0.15, -0.1) is 10.2 Å². The van der Waals surface area contributed by atoms with E-state index in [1.807, 2.05) is 41.0 Å². The van der Waals surface area contributed by atoms with Gasteiger partial charge in [-0.05, 0) is 43.3 Å². The lowest BCUT2D eigenvalue weighted by molar-refractivity contribution is -0.113. The minimum Gasteiger partial charge on any atom is -0.461 e. The molecule has 0 aliphatic carbocycles. The lowest BCUT2D eigenvalue weighted by Gasteiger charge is -2.09. The molecule has 2 heterocycles. The van der Waals surface area contributed by atoms with Crippen LogP contribution in [-0.2, 0) is 4.79 Å². The third-order valence-electron chi connectivity index (χ3n) is 4.27. The maximum absolute atomic E-state index is 12.5. The van der Waals surface area contributed by atoms with Crippen molar-refractivity contribution in [3.05, 3.63) is 78.6 Å². The third kappa shape index (κ3) is 4.33. The molecule has 4 aromatic rings. The number of amides is 1. The number of nitrogens with one attached hydrogen (secondary N) is 1. The Morgan fingerprint density at radius 1 is 1.03 bits per heavy atom. The van der Waals surface area contributed by atoms with E-state index >= 15 is 0 Å². The average Bonchev–Trinajstić information content (AvgIpc) is 3.43. The molecule has 0 spiro atoms. The predicted octanol–water partition coefficient (Wildman–Crippen LogP) is 4.46. The molecule has 0 atom stereocenters. The highest BCUT2D eigenvalue weighted by Crippen LogP contribution is 2.28. The number of furan rings is 1. The van der Waals surface area contributed by atoms with Crippen LogP contribution in [0, 0.1) is 0 Å². The zero-order valence-corrected chi connectivity index (χ0v) is 16.9. The number of anilines is 1. The SMILES string of the molecule is CC(=O)c1cccc(NC(=O)CSc2nnc(-c3ccco3)n2-c2ccccc2)c1. The van der Waals surface area contributed by atoms with Crippen LogP contribution in [0.5, 0.6) is 0 Å². The lowest BCUT2D eigenvalue weighted by atomic mass is 10.1. The summed E-state index contributed by atoms with van der Waals surface area (Å²) in [5.74, 6) is 1.02. The summed E-state index contributed by atoms with van der Waals surface area (Å²) in [7, 11) is 0. The molecule has 2 aromatic carbocycles. The zero-order valence-electron chi connectivity index (χ0n) is 16.1. The number of ketones is 1. The quantitative estimate of drug-likeness (QED) is 0.352. The molecule has 7 nitrogen and oxygen atoms in total. The second-order valence-electron chi connectivity index (χ2n) is 6.43. The van der Waals surface area contributed by atoms with E-state index in [0.717, 1.165) is 5.69 Å². The summed E-state index contributed by atoms with van der Waals surface area (Å²) in [5, 5.41) is 11.9. The Hall–Kier alpha value is -3.65. The number of hydrogen-bond acceptors (Lipinski definition) is 6. The molecule has 0 fully saturated rings. The molecule has 4 rings (SSSR count). The number of carbonyl (C=O) groups excluding carboxylic acids is 2. The highest BCUT2D eigenvalue weighted by atomic mass is 32.2. The van der Waals surface area contributed by atoms with Crippen LogP contribution in [0.1, 0.15) is 17.3 Å². The van der Waals surface area contributed by atoms with E-state index in [-0.39, 0.29) is 17.4 Å². The number of nitrogens with zero attached hydrogens (tertiary/aromatic N) is 3. The molecule has 0 aliphatic heterocycles. The summed E-state index contributed by atoms with van der Waals surface area (Å²) >= 11 is 1.27. The van der Waals surface area contributed by atoms with Crippen molar-refractivity contribution >= 4 is 29.1 Å². The van der Waals surface area contributed by atoms with Gasteiger partial charge in [0, 0.05) is 16.9 Å². The molecule has 0 bridgehead atoms. The van der Waals surface area contributed by atoms with Crippen LogP contribution in [-0.4, -0.2) is 32.2 Å². The number of rotatable bonds is 7. The first-order chi connectivity index (χ1) is 14.6.